The van der Waals surface area contributed by atoms with Crippen LogP contribution in [0.4, 0.5) is 5.69 Å². The first-order chi connectivity index (χ1) is 8.68. The quantitative estimate of drug-likeness (QED) is 0.859. The average molecular weight is 246 g/mol. The molecule has 1 aromatic carbocycles. The lowest BCUT2D eigenvalue weighted by atomic mass is 10.0. The summed E-state index contributed by atoms with van der Waals surface area (Å²) in [5.74, 6) is 0.707. The smallest absolute Gasteiger partial charge is 0.0399 e. The van der Waals surface area contributed by atoms with E-state index in [2.05, 4.69) is 55.3 Å². The second kappa shape index (κ2) is 6.24. The first-order valence-electron chi connectivity index (χ1n) is 7.24. The van der Waals surface area contributed by atoms with E-state index in [4.69, 9.17) is 0 Å². The fraction of sp³-hybridized carbons (Fsp3) is 0.625. The highest BCUT2D eigenvalue weighted by Gasteiger charge is 2.15. The Bertz CT molecular complexity index is 373. The minimum atomic E-state index is 0.602. The second-order valence-corrected chi connectivity index (χ2v) is 5.71. The zero-order chi connectivity index (χ0) is 13.0. The molecule has 0 aliphatic carbocycles. The molecule has 1 N–H and O–H groups in total. The van der Waals surface area contributed by atoms with Crippen molar-refractivity contribution >= 4 is 5.69 Å². The van der Waals surface area contributed by atoms with Crippen LogP contribution in [-0.4, -0.2) is 25.7 Å². The molecule has 1 unspecified atom stereocenters. The maximum absolute atomic E-state index is 3.62. The minimum Gasteiger partial charge on any atom is -0.370 e. The van der Waals surface area contributed by atoms with Crippen LogP contribution in [0.3, 0.4) is 0 Å². The summed E-state index contributed by atoms with van der Waals surface area (Å²) in [5, 5.41) is 3.62. The Morgan fingerprint density at radius 1 is 1.22 bits per heavy atom. The van der Waals surface area contributed by atoms with Crippen LogP contribution in [0.1, 0.15) is 32.8 Å². The number of nitrogens with zero attached hydrogens (tertiary/aromatic N) is 1. The van der Waals surface area contributed by atoms with Crippen LogP contribution in [0.25, 0.3) is 0 Å². The van der Waals surface area contributed by atoms with Crippen LogP contribution in [0, 0.1) is 5.92 Å². The molecule has 1 aliphatic rings. The van der Waals surface area contributed by atoms with Gasteiger partial charge in [-0.1, -0.05) is 32.0 Å². The predicted molar refractivity (Wildman–Crippen MR) is 79.3 cm³/mol. The fourth-order valence-electron chi connectivity index (χ4n) is 2.51. The predicted octanol–water partition coefficient (Wildman–Crippen LogP) is 3.07. The molecule has 2 heteroatoms. The first-order valence-corrected chi connectivity index (χ1v) is 7.24. The van der Waals surface area contributed by atoms with Gasteiger partial charge in [0.25, 0.3) is 0 Å². The van der Waals surface area contributed by atoms with Gasteiger partial charge in [-0.15, -0.1) is 0 Å². The molecule has 1 atom stereocenters. The van der Waals surface area contributed by atoms with Crippen molar-refractivity contribution in [3.05, 3.63) is 29.8 Å². The largest absolute Gasteiger partial charge is 0.370 e. The topological polar surface area (TPSA) is 15.3 Å². The molecule has 0 spiro atoms. The van der Waals surface area contributed by atoms with Crippen molar-refractivity contribution in [3.8, 4) is 0 Å². The lowest BCUT2D eigenvalue weighted by Gasteiger charge is -2.32. The highest BCUT2D eigenvalue weighted by molar-refractivity contribution is 5.55. The van der Waals surface area contributed by atoms with Crippen LogP contribution < -0.4 is 10.2 Å². The van der Waals surface area contributed by atoms with Crippen molar-refractivity contribution in [3.63, 3.8) is 0 Å². The van der Waals surface area contributed by atoms with Gasteiger partial charge in [0, 0.05) is 31.4 Å². The molecular formula is C16H26N2. The number of rotatable bonds is 5. The number of aryl methyl sites for hydroxylation is 1. The van der Waals surface area contributed by atoms with E-state index >= 15 is 0 Å². The highest BCUT2D eigenvalue weighted by atomic mass is 15.2. The molecule has 1 aliphatic heterocycles. The molecule has 18 heavy (non-hydrogen) atoms. The lowest BCUT2D eigenvalue weighted by Crippen LogP contribution is -2.39. The molecule has 0 fully saturated rings. The maximum Gasteiger partial charge on any atom is 0.0399 e. The third-order valence-corrected chi connectivity index (χ3v) is 4.05. The zero-order valence-electron chi connectivity index (χ0n) is 11.9. The zero-order valence-corrected chi connectivity index (χ0v) is 11.9. The van der Waals surface area contributed by atoms with Crippen molar-refractivity contribution in [1.29, 1.82) is 0 Å². The Labute approximate surface area is 111 Å². The molecule has 0 amide bonds. The standard InChI is InChI=1S/C16H26N2/c1-13(2)14(3)17-10-12-18-11-6-8-15-7-4-5-9-16(15)18/h4-5,7,9,13-14,17H,6,8,10-12H2,1-3H3. The molecule has 0 saturated heterocycles. The van der Waals surface area contributed by atoms with Gasteiger partial charge in [-0.05, 0) is 37.3 Å². The van der Waals surface area contributed by atoms with Gasteiger partial charge in [0.15, 0.2) is 0 Å². The van der Waals surface area contributed by atoms with E-state index < -0.39 is 0 Å². The number of fused-ring (bicyclic) bond motifs is 1. The Hall–Kier alpha value is -1.02. The van der Waals surface area contributed by atoms with E-state index in [1.807, 2.05) is 0 Å². The van der Waals surface area contributed by atoms with E-state index in [9.17, 15) is 0 Å². The summed E-state index contributed by atoms with van der Waals surface area (Å²) in [6.45, 7) is 10.2. The van der Waals surface area contributed by atoms with E-state index in [1.165, 1.54) is 30.6 Å². The van der Waals surface area contributed by atoms with Crippen LogP contribution in [0.5, 0.6) is 0 Å². The SMILES string of the molecule is CC(C)C(C)NCCN1CCCc2ccccc21. The van der Waals surface area contributed by atoms with E-state index in [-0.39, 0.29) is 0 Å². The highest BCUT2D eigenvalue weighted by Crippen LogP contribution is 2.25. The summed E-state index contributed by atoms with van der Waals surface area (Å²) in [5.41, 5.74) is 2.96. The van der Waals surface area contributed by atoms with Gasteiger partial charge in [-0.2, -0.15) is 0 Å². The molecule has 2 rings (SSSR count). The third-order valence-electron chi connectivity index (χ3n) is 4.05. The summed E-state index contributed by atoms with van der Waals surface area (Å²) >= 11 is 0. The molecule has 0 bridgehead atoms. The number of para-hydroxylation sites is 1. The van der Waals surface area contributed by atoms with Crippen molar-refractivity contribution in [2.75, 3.05) is 24.5 Å². The second-order valence-electron chi connectivity index (χ2n) is 5.71. The fourth-order valence-corrected chi connectivity index (χ4v) is 2.51. The maximum atomic E-state index is 3.62. The molecule has 1 heterocycles. The summed E-state index contributed by atoms with van der Waals surface area (Å²) < 4.78 is 0. The van der Waals surface area contributed by atoms with Crippen molar-refractivity contribution < 1.29 is 0 Å². The van der Waals surface area contributed by atoms with E-state index in [1.54, 1.807) is 0 Å². The minimum absolute atomic E-state index is 0.602. The van der Waals surface area contributed by atoms with Gasteiger partial charge in [0.05, 0.1) is 0 Å². The van der Waals surface area contributed by atoms with Crippen LogP contribution >= 0.6 is 0 Å². The van der Waals surface area contributed by atoms with Gasteiger partial charge in [0.2, 0.25) is 0 Å². The lowest BCUT2D eigenvalue weighted by molar-refractivity contribution is 0.429. The van der Waals surface area contributed by atoms with Crippen LogP contribution in [0.15, 0.2) is 24.3 Å². The molecule has 1 aromatic rings. The monoisotopic (exact) mass is 246 g/mol. The summed E-state index contributed by atoms with van der Waals surface area (Å²) in [6.07, 6.45) is 2.53. The number of anilines is 1. The number of nitrogens with one attached hydrogen (secondary N) is 1. The van der Waals surface area contributed by atoms with Crippen LogP contribution in [-0.2, 0) is 6.42 Å². The van der Waals surface area contributed by atoms with Crippen LogP contribution in [0.2, 0.25) is 0 Å². The summed E-state index contributed by atoms with van der Waals surface area (Å²) in [7, 11) is 0. The number of hydrogen-bond donors (Lipinski definition) is 1. The van der Waals surface area contributed by atoms with Crippen molar-refractivity contribution in [2.45, 2.75) is 39.7 Å². The normalized spacial score (nSPS) is 16.8. The summed E-state index contributed by atoms with van der Waals surface area (Å²) in [4.78, 5) is 2.53. The Morgan fingerprint density at radius 2 is 2.00 bits per heavy atom. The van der Waals surface area contributed by atoms with Crippen molar-refractivity contribution in [2.24, 2.45) is 5.92 Å². The third kappa shape index (κ3) is 3.26. The first kappa shape index (κ1) is 13.4. The van der Waals surface area contributed by atoms with Gasteiger partial charge in [-0.25, -0.2) is 0 Å². The molecule has 0 aromatic heterocycles. The summed E-state index contributed by atoms with van der Waals surface area (Å²) in [6, 6.07) is 9.44. The Kier molecular flexibility index (Phi) is 4.65. The molecule has 2 nitrogen and oxygen atoms in total. The molecular weight excluding hydrogens is 220 g/mol. The van der Waals surface area contributed by atoms with Gasteiger partial charge < -0.3 is 10.2 Å². The molecule has 100 valence electrons. The Morgan fingerprint density at radius 3 is 2.78 bits per heavy atom. The number of benzene rings is 1. The molecule has 0 saturated carbocycles. The number of hydrogen-bond acceptors (Lipinski definition) is 2. The van der Waals surface area contributed by atoms with E-state index in [0.29, 0.717) is 12.0 Å². The average Bonchev–Trinajstić information content (AvgIpc) is 2.38. The molecule has 0 radical (unpaired) electrons. The van der Waals surface area contributed by atoms with Crippen molar-refractivity contribution in [1.82, 2.24) is 5.32 Å². The van der Waals surface area contributed by atoms with E-state index in [0.717, 1.165) is 13.1 Å². The Balaban J connectivity index is 1.88. The van der Waals surface area contributed by atoms with Gasteiger partial charge >= 0.3 is 0 Å². The van der Waals surface area contributed by atoms with Gasteiger partial charge in [-0.3, -0.25) is 0 Å². The van der Waals surface area contributed by atoms with Gasteiger partial charge in [0.1, 0.15) is 0 Å².